The van der Waals surface area contributed by atoms with Gasteiger partial charge in [0.15, 0.2) is 0 Å². The molecule has 0 amide bonds. The Bertz CT molecular complexity index is 184. The molecule has 0 saturated heterocycles. The molecule has 2 radical (unpaired) electrons. The van der Waals surface area contributed by atoms with Gasteiger partial charge in [0.05, 0.1) is 0 Å². The number of nitrogens with one attached hydrogen (secondary N) is 1. The van der Waals surface area contributed by atoms with Crippen LogP contribution in [0.25, 0.3) is 0 Å². The molecule has 10 heavy (non-hydrogen) atoms. The van der Waals surface area contributed by atoms with E-state index >= 15 is 0 Å². The fourth-order valence-electron chi connectivity index (χ4n) is 0.161. The fraction of sp³-hybridized carbons (Fsp3) is 0.250. The molecule has 0 saturated carbocycles. The molecule has 0 aromatic rings. The number of hydrogen-bond donors (Lipinski definition) is 1. The second-order valence-corrected chi connectivity index (χ2v) is 6.83. The van der Waals surface area contributed by atoms with Crippen LogP contribution in [0.3, 0.4) is 0 Å². The first-order valence-corrected chi connectivity index (χ1v) is 6.47. The van der Waals surface area contributed by atoms with Crippen LogP contribution in [0.1, 0.15) is 0 Å². The van der Waals surface area contributed by atoms with Crippen LogP contribution in [0, 0.1) is 16.7 Å². The van der Waals surface area contributed by atoms with E-state index in [9.17, 15) is 0 Å². The Hall–Kier alpha value is -0.0213. The third-order valence-electron chi connectivity index (χ3n) is 0.454. The first-order valence-electron chi connectivity index (χ1n) is 2.17. The molecule has 0 aliphatic heterocycles. The van der Waals surface area contributed by atoms with Gasteiger partial charge in [0.1, 0.15) is 0 Å². The molecule has 0 rings (SSSR count). The van der Waals surface area contributed by atoms with E-state index in [-0.39, 0.29) is 5.76 Å². The molecule has 0 bridgehead atoms. The topological polar surface area (TPSA) is 66.1 Å². The number of allylic oxidation sites excluding steroid dienone is 1. The van der Waals surface area contributed by atoms with E-state index in [1.165, 1.54) is 0 Å². The van der Waals surface area contributed by atoms with Crippen LogP contribution in [0.4, 0.5) is 0 Å². The summed E-state index contributed by atoms with van der Waals surface area (Å²) in [7, 11) is 0. The summed E-state index contributed by atoms with van der Waals surface area (Å²) in [4.78, 5) is 4.38. The minimum absolute atomic E-state index is 0.234. The van der Waals surface area contributed by atoms with Gasteiger partial charge in [-0.25, -0.2) is 0 Å². The number of nitriles is 1. The number of halogens is 1. The number of alkyl halides is 1. The van der Waals surface area contributed by atoms with Crippen molar-refractivity contribution in [3.8, 4) is 6.07 Å². The van der Waals surface area contributed by atoms with E-state index in [1.54, 1.807) is 11.9 Å². The van der Waals surface area contributed by atoms with E-state index < -0.39 is 21.6 Å². The third-order valence-corrected chi connectivity index (χ3v) is 2.87. The second-order valence-electron chi connectivity index (χ2n) is 1.01. The number of rotatable bonds is 4. The zero-order valence-electron chi connectivity index (χ0n) is 4.85. The summed E-state index contributed by atoms with van der Waals surface area (Å²) in [5, 5.41) is 14.6. The molecule has 1 N–H and O–H groups in total. The Morgan fingerprint density at radius 1 is 1.80 bits per heavy atom. The van der Waals surface area contributed by atoms with Crippen LogP contribution in [-0.4, -0.2) is 30.8 Å². The minimum atomic E-state index is -0.980. The molecular weight excluding hydrogens is 307 g/mol. The average Bonchev–Trinajstić information content (AvgIpc) is 1.99. The zero-order valence-corrected chi connectivity index (χ0v) is 9.29. The normalized spacial score (nSPS) is 7.60. The van der Waals surface area contributed by atoms with Gasteiger partial charge in [0.25, 0.3) is 0 Å². The predicted molar refractivity (Wildman–Crippen MR) is 38.6 cm³/mol. The van der Waals surface area contributed by atoms with Crippen LogP contribution in [0.5, 0.6) is 0 Å². The van der Waals surface area contributed by atoms with Crippen molar-refractivity contribution in [1.82, 2.24) is 0 Å². The standard InChI is InChI=1S/C3H2N2O2.CH2Br.Sn/c4-1-3(2-5)7-6;1-2;/h4,6H;1H2;/q;;+1/p-1. The molecule has 0 aromatic heterocycles. The van der Waals surface area contributed by atoms with E-state index in [0.29, 0.717) is 0 Å². The van der Waals surface area contributed by atoms with Crippen molar-refractivity contribution >= 4 is 43.4 Å². The summed E-state index contributed by atoms with van der Waals surface area (Å²) in [6.45, 7) is 0. The summed E-state index contributed by atoms with van der Waals surface area (Å²) in [5.74, 6) is 1.55. The van der Waals surface area contributed by atoms with Gasteiger partial charge >= 0.3 is 77.3 Å². The molecule has 0 spiro atoms. The Kier molecular flexibility index (Phi) is 7.07. The molecule has 6 heteroatoms. The Labute approximate surface area is 77.1 Å². The fourth-order valence-corrected chi connectivity index (χ4v) is 1.32. The van der Waals surface area contributed by atoms with Gasteiger partial charge in [0.2, 0.25) is 0 Å². The summed E-state index contributed by atoms with van der Waals surface area (Å²) in [6, 6.07) is 1.59. The predicted octanol–water partition coefficient (Wildman–Crippen LogP) is 0.562. The van der Waals surface area contributed by atoms with Crippen LogP contribution in [-0.2, 0) is 8.11 Å². The monoisotopic (exact) mass is 310 g/mol. The van der Waals surface area contributed by atoms with E-state index in [1.807, 2.05) is 0 Å². The van der Waals surface area contributed by atoms with Gasteiger partial charge in [-0.1, -0.05) is 0 Å². The van der Waals surface area contributed by atoms with Crippen molar-refractivity contribution < 1.29 is 8.11 Å². The molecule has 0 atom stereocenters. The number of nitrogens with zero attached hydrogens (tertiary/aromatic N) is 1. The van der Waals surface area contributed by atoms with E-state index in [4.69, 9.17) is 10.7 Å². The van der Waals surface area contributed by atoms with Crippen molar-refractivity contribution in [1.29, 1.82) is 10.7 Å². The summed E-state index contributed by atoms with van der Waals surface area (Å²) in [6.07, 6.45) is 0. The first kappa shape index (κ1) is 9.98. The maximum absolute atomic E-state index is 8.16. The van der Waals surface area contributed by atoms with Crippen molar-refractivity contribution in [2.24, 2.45) is 0 Å². The third kappa shape index (κ3) is 4.82. The zero-order chi connectivity index (χ0) is 7.82. The number of hydrogen-bond acceptors (Lipinski definition) is 4. The van der Waals surface area contributed by atoms with Gasteiger partial charge < -0.3 is 0 Å². The van der Waals surface area contributed by atoms with Gasteiger partial charge in [-0.15, -0.1) is 0 Å². The van der Waals surface area contributed by atoms with Crippen LogP contribution in [0.15, 0.2) is 5.76 Å². The molecule has 0 fully saturated rings. The van der Waals surface area contributed by atoms with Crippen molar-refractivity contribution in [2.45, 2.75) is 0 Å². The van der Waals surface area contributed by atoms with Crippen molar-refractivity contribution in [3.63, 3.8) is 0 Å². The molecular formula is C4H3BrN2O2Sn. The second kappa shape index (κ2) is 7.09. The van der Waals surface area contributed by atoms with Crippen LogP contribution in [0.2, 0.25) is 0 Å². The molecule has 0 aliphatic carbocycles. The quantitative estimate of drug-likeness (QED) is 0.121. The molecule has 52 valence electrons. The molecule has 4 nitrogen and oxygen atoms in total. The Morgan fingerprint density at radius 3 is 2.90 bits per heavy atom. The average molecular weight is 310 g/mol. The first-order chi connectivity index (χ1) is 4.85. The molecule has 0 aliphatic rings. The van der Waals surface area contributed by atoms with Gasteiger partial charge in [-0.05, 0) is 0 Å². The van der Waals surface area contributed by atoms with Crippen LogP contribution >= 0.6 is 15.9 Å². The SMILES string of the molecule is N#CC(=C=N)O[O][Sn][CH2]Br. The van der Waals surface area contributed by atoms with Crippen molar-refractivity contribution in [3.05, 3.63) is 5.76 Å². The molecule has 0 aromatic carbocycles. The van der Waals surface area contributed by atoms with Gasteiger partial charge in [-0.3, -0.25) is 0 Å². The van der Waals surface area contributed by atoms with Gasteiger partial charge in [-0.2, -0.15) is 0 Å². The Balaban J connectivity index is 3.50. The maximum atomic E-state index is 8.16. The molecule has 0 unspecified atom stereocenters. The summed E-state index contributed by atoms with van der Waals surface area (Å²) in [5.41, 5.74) is 0. The summed E-state index contributed by atoms with van der Waals surface area (Å²) < 4.78 is 5.39. The Morgan fingerprint density at radius 2 is 2.50 bits per heavy atom. The van der Waals surface area contributed by atoms with Crippen molar-refractivity contribution in [2.75, 3.05) is 3.35 Å². The van der Waals surface area contributed by atoms with Gasteiger partial charge in [0, 0.05) is 0 Å². The van der Waals surface area contributed by atoms with E-state index in [2.05, 4.69) is 24.0 Å². The molecule has 0 heterocycles. The summed E-state index contributed by atoms with van der Waals surface area (Å²) >= 11 is 2.17. The van der Waals surface area contributed by atoms with Crippen LogP contribution < -0.4 is 0 Å². The van der Waals surface area contributed by atoms with E-state index in [0.717, 1.165) is 3.35 Å².